The maximum atomic E-state index is 14.7. The molecule has 0 bridgehead atoms. The number of hydrogen-bond donors (Lipinski definition) is 1. The van der Waals surface area contributed by atoms with Crippen molar-refractivity contribution in [2.24, 2.45) is 0 Å². The topological polar surface area (TPSA) is 74.4 Å². The van der Waals surface area contributed by atoms with Crippen LogP contribution in [-0.2, 0) is 11.3 Å². The molecule has 5 nitrogen and oxygen atoms in total. The largest absolute Gasteiger partial charge is 0.492 e. The smallest absolute Gasteiger partial charge is 0.358 e. The van der Waals surface area contributed by atoms with E-state index in [1.807, 2.05) is 30.3 Å². The molecule has 0 spiro atoms. The maximum Gasteiger partial charge on any atom is 0.358 e. The van der Waals surface area contributed by atoms with Crippen molar-refractivity contribution < 1.29 is 18.7 Å². The fraction of sp³-hybridized carbons (Fsp3) is 0.100. The Morgan fingerprint density at radius 1 is 1.18 bits per heavy atom. The van der Waals surface area contributed by atoms with Gasteiger partial charge in [-0.05, 0) is 23.8 Å². The molecular formula is C20H15Cl2FN2O3. The van der Waals surface area contributed by atoms with Gasteiger partial charge >= 0.3 is 5.97 Å². The minimum Gasteiger partial charge on any atom is -0.492 e. The van der Waals surface area contributed by atoms with Gasteiger partial charge in [-0.3, -0.25) is 0 Å². The summed E-state index contributed by atoms with van der Waals surface area (Å²) in [6.45, 7) is 0.0327. The number of carbonyl (C=O) groups is 1. The summed E-state index contributed by atoms with van der Waals surface area (Å²) in [6.07, 6.45) is 0. The Balaban J connectivity index is 1.96. The Kier molecular flexibility index (Phi) is 6.02. The number of halogens is 3. The monoisotopic (exact) mass is 420 g/mol. The standard InChI is InChI=1S/C20H15Cl2FN2O3/c1-27-19-13(21)8-7-12(17(19)23)15-9-14(24)16(22)18(25-15)20(26)28-10-11-5-3-2-4-6-11/h2-9H,10H2,1H3,(H2,24,25). The number of nitrogens with two attached hydrogens (primary N) is 1. The van der Waals surface area contributed by atoms with E-state index in [0.29, 0.717) is 0 Å². The fourth-order valence-electron chi connectivity index (χ4n) is 2.53. The first-order valence-electron chi connectivity index (χ1n) is 8.11. The number of nitrogen functional groups attached to an aromatic ring is 1. The Morgan fingerprint density at radius 3 is 2.57 bits per heavy atom. The molecule has 1 aromatic heterocycles. The number of methoxy groups -OCH3 is 1. The van der Waals surface area contributed by atoms with Gasteiger partial charge in [-0.1, -0.05) is 53.5 Å². The van der Waals surface area contributed by atoms with Gasteiger partial charge in [0.15, 0.2) is 17.3 Å². The maximum absolute atomic E-state index is 14.7. The first-order valence-corrected chi connectivity index (χ1v) is 8.87. The van der Waals surface area contributed by atoms with Crippen LogP contribution >= 0.6 is 23.2 Å². The molecule has 0 aliphatic heterocycles. The van der Waals surface area contributed by atoms with E-state index >= 15 is 0 Å². The molecule has 1 heterocycles. The van der Waals surface area contributed by atoms with E-state index in [2.05, 4.69) is 4.98 Å². The molecule has 3 aromatic rings. The van der Waals surface area contributed by atoms with Crippen molar-refractivity contribution in [3.05, 3.63) is 75.7 Å². The molecule has 0 atom stereocenters. The van der Waals surface area contributed by atoms with Crippen LogP contribution in [0.2, 0.25) is 10.0 Å². The zero-order valence-electron chi connectivity index (χ0n) is 14.7. The van der Waals surface area contributed by atoms with E-state index in [1.165, 1.54) is 25.3 Å². The molecule has 0 saturated heterocycles. The first-order chi connectivity index (χ1) is 13.4. The van der Waals surface area contributed by atoms with Crippen molar-refractivity contribution in [3.63, 3.8) is 0 Å². The van der Waals surface area contributed by atoms with Crippen LogP contribution in [0.4, 0.5) is 10.1 Å². The number of ether oxygens (including phenoxy) is 2. The van der Waals surface area contributed by atoms with Gasteiger partial charge in [0.05, 0.1) is 28.5 Å². The SMILES string of the molecule is COc1c(Cl)ccc(-c2cc(N)c(Cl)c(C(=O)OCc3ccccc3)n2)c1F. The summed E-state index contributed by atoms with van der Waals surface area (Å²) in [4.78, 5) is 16.6. The summed E-state index contributed by atoms with van der Waals surface area (Å²) in [5.41, 5.74) is 6.70. The van der Waals surface area contributed by atoms with Crippen molar-refractivity contribution in [1.29, 1.82) is 0 Å². The average molecular weight is 421 g/mol. The summed E-state index contributed by atoms with van der Waals surface area (Å²) in [7, 11) is 1.30. The van der Waals surface area contributed by atoms with Crippen LogP contribution in [0.5, 0.6) is 5.75 Å². The number of anilines is 1. The fourth-order valence-corrected chi connectivity index (χ4v) is 2.93. The number of esters is 1. The van der Waals surface area contributed by atoms with Crippen molar-refractivity contribution in [3.8, 4) is 17.0 Å². The van der Waals surface area contributed by atoms with Crippen LogP contribution in [0, 0.1) is 5.82 Å². The van der Waals surface area contributed by atoms with Crippen molar-refractivity contribution in [1.82, 2.24) is 4.98 Å². The van der Waals surface area contributed by atoms with Crippen LogP contribution < -0.4 is 10.5 Å². The van der Waals surface area contributed by atoms with E-state index in [4.69, 9.17) is 38.4 Å². The van der Waals surface area contributed by atoms with E-state index in [0.717, 1.165) is 5.56 Å². The number of carbonyl (C=O) groups excluding carboxylic acids is 1. The third-order valence-corrected chi connectivity index (χ3v) is 4.62. The molecule has 0 unspecified atom stereocenters. The van der Waals surface area contributed by atoms with Gasteiger partial charge in [0.1, 0.15) is 6.61 Å². The molecule has 28 heavy (non-hydrogen) atoms. The lowest BCUT2D eigenvalue weighted by atomic mass is 10.1. The molecule has 8 heteroatoms. The molecule has 0 amide bonds. The number of aromatic nitrogens is 1. The van der Waals surface area contributed by atoms with Crippen molar-refractivity contribution in [2.45, 2.75) is 6.61 Å². The second-order valence-electron chi connectivity index (χ2n) is 5.76. The normalized spacial score (nSPS) is 10.6. The molecule has 0 radical (unpaired) electrons. The summed E-state index contributed by atoms with van der Waals surface area (Å²) in [5.74, 6) is -1.64. The average Bonchev–Trinajstić information content (AvgIpc) is 2.69. The zero-order chi connectivity index (χ0) is 20.3. The minimum absolute atomic E-state index is 0.0327. The number of nitrogens with zero attached hydrogens (tertiary/aromatic N) is 1. The Bertz CT molecular complexity index is 1030. The minimum atomic E-state index is -0.774. The predicted octanol–water partition coefficient (Wildman–Crippen LogP) is 5.14. The van der Waals surface area contributed by atoms with Crippen molar-refractivity contribution in [2.75, 3.05) is 12.8 Å². The third-order valence-electron chi connectivity index (χ3n) is 3.92. The summed E-state index contributed by atoms with van der Waals surface area (Å²) >= 11 is 12.0. The van der Waals surface area contributed by atoms with E-state index < -0.39 is 11.8 Å². The number of hydrogen-bond acceptors (Lipinski definition) is 5. The van der Waals surface area contributed by atoms with Crippen LogP contribution in [0.25, 0.3) is 11.3 Å². The number of pyridine rings is 1. The highest BCUT2D eigenvalue weighted by atomic mass is 35.5. The predicted molar refractivity (Wildman–Crippen MR) is 106 cm³/mol. The molecule has 2 N–H and O–H groups in total. The summed E-state index contributed by atoms with van der Waals surface area (Å²) in [6, 6.07) is 13.3. The van der Waals surface area contributed by atoms with Gasteiger partial charge in [0.2, 0.25) is 0 Å². The Labute approximate surface area is 170 Å². The third kappa shape index (κ3) is 4.03. The molecule has 2 aromatic carbocycles. The van der Waals surface area contributed by atoms with E-state index in [9.17, 15) is 9.18 Å². The summed E-state index contributed by atoms with van der Waals surface area (Å²) in [5, 5.41) is 0.0383. The lowest BCUT2D eigenvalue weighted by molar-refractivity contribution is 0.0466. The molecule has 0 aliphatic carbocycles. The molecular weight excluding hydrogens is 406 g/mol. The highest BCUT2D eigenvalue weighted by Crippen LogP contribution is 2.36. The quantitative estimate of drug-likeness (QED) is 0.578. The van der Waals surface area contributed by atoms with E-state index in [-0.39, 0.29) is 45.0 Å². The Morgan fingerprint density at radius 2 is 1.89 bits per heavy atom. The van der Waals surface area contributed by atoms with E-state index in [1.54, 1.807) is 0 Å². The second-order valence-corrected chi connectivity index (χ2v) is 6.55. The Hall–Kier alpha value is -2.83. The second kappa shape index (κ2) is 8.46. The van der Waals surface area contributed by atoms with Gasteiger partial charge in [-0.25, -0.2) is 14.2 Å². The number of rotatable bonds is 5. The molecule has 0 saturated carbocycles. The number of benzene rings is 2. The van der Waals surface area contributed by atoms with Crippen LogP contribution in [-0.4, -0.2) is 18.1 Å². The van der Waals surface area contributed by atoms with Crippen LogP contribution in [0.15, 0.2) is 48.5 Å². The lowest BCUT2D eigenvalue weighted by Gasteiger charge is -2.12. The molecule has 3 rings (SSSR count). The lowest BCUT2D eigenvalue weighted by Crippen LogP contribution is -2.10. The van der Waals surface area contributed by atoms with Gasteiger partial charge in [-0.2, -0.15) is 0 Å². The van der Waals surface area contributed by atoms with Gasteiger partial charge in [0, 0.05) is 5.56 Å². The van der Waals surface area contributed by atoms with Crippen LogP contribution in [0.3, 0.4) is 0 Å². The first kappa shape index (κ1) is 19.9. The summed E-state index contributed by atoms with van der Waals surface area (Å²) < 4.78 is 24.9. The zero-order valence-corrected chi connectivity index (χ0v) is 16.2. The molecule has 0 fully saturated rings. The van der Waals surface area contributed by atoms with Crippen molar-refractivity contribution >= 4 is 34.9 Å². The van der Waals surface area contributed by atoms with Gasteiger partial charge in [0.25, 0.3) is 0 Å². The van der Waals surface area contributed by atoms with Gasteiger partial charge < -0.3 is 15.2 Å². The van der Waals surface area contributed by atoms with Crippen LogP contribution in [0.1, 0.15) is 16.1 Å². The molecule has 0 aliphatic rings. The molecule has 144 valence electrons. The highest BCUT2D eigenvalue weighted by Gasteiger charge is 2.21. The highest BCUT2D eigenvalue weighted by molar-refractivity contribution is 6.35. The van der Waals surface area contributed by atoms with Gasteiger partial charge in [-0.15, -0.1) is 0 Å².